The number of rotatable bonds is 4. The first-order valence-electron chi connectivity index (χ1n) is 12.4. The van der Waals surface area contributed by atoms with Crippen molar-refractivity contribution in [1.82, 2.24) is 19.6 Å². The summed E-state index contributed by atoms with van der Waals surface area (Å²) >= 11 is 0. The molecule has 0 saturated heterocycles. The first-order valence-corrected chi connectivity index (χ1v) is 12.4. The van der Waals surface area contributed by atoms with Crippen LogP contribution in [-0.4, -0.2) is 19.6 Å². The second-order valence-electron chi connectivity index (χ2n) is 9.67. The lowest BCUT2D eigenvalue weighted by Crippen LogP contribution is -2.43. The zero-order chi connectivity index (χ0) is 24.1. The van der Waals surface area contributed by atoms with Gasteiger partial charge in [0.25, 0.3) is 0 Å². The van der Waals surface area contributed by atoms with E-state index >= 15 is 0 Å². The summed E-state index contributed by atoms with van der Waals surface area (Å²) in [4.78, 5) is 5.17. The lowest BCUT2D eigenvalue weighted by Gasteiger charge is -2.38. The molecule has 1 aliphatic rings. The number of nitrogens with two attached hydrogens (primary N) is 1. The summed E-state index contributed by atoms with van der Waals surface area (Å²) < 4.78 is 2.04. The molecule has 2 N–H and O–H groups in total. The Labute approximate surface area is 209 Å². The van der Waals surface area contributed by atoms with Gasteiger partial charge >= 0.3 is 0 Å². The Bertz CT molecular complexity index is 1700. The monoisotopic (exact) mass is 467 g/mol. The fraction of sp³-hybridized carbons (Fsp3) is 0.129. The van der Waals surface area contributed by atoms with Crippen LogP contribution < -0.4 is 5.73 Å². The van der Waals surface area contributed by atoms with E-state index < -0.39 is 0 Å². The molecule has 36 heavy (non-hydrogen) atoms. The highest BCUT2D eigenvalue weighted by molar-refractivity contribution is 5.98. The minimum atomic E-state index is -0.173. The van der Waals surface area contributed by atoms with Gasteiger partial charge in [0.2, 0.25) is 0 Å². The van der Waals surface area contributed by atoms with Gasteiger partial charge in [0.15, 0.2) is 11.5 Å². The number of nitrogens with zero attached hydrogens (tertiary/aromatic N) is 4. The average molecular weight is 468 g/mol. The van der Waals surface area contributed by atoms with E-state index in [2.05, 4.69) is 76.9 Å². The van der Waals surface area contributed by atoms with Gasteiger partial charge in [0.05, 0.1) is 11.2 Å². The molecule has 1 fully saturated rings. The Morgan fingerprint density at radius 3 is 2.08 bits per heavy atom. The summed E-state index contributed by atoms with van der Waals surface area (Å²) in [5, 5.41) is 10.1. The number of aromatic nitrogens is 4. The Kier molecular flexibility index (Phi) is 4.72. The Balaban J connectivity index is 1.43. The maximum absolute atomic E-state index is 6.57. The molecule has 6 aromatic rings. The fourth-order valence-electron chi connectivity index (χ4n) is 5.24. The van der Waals surface area contributed by atoms with Gasteiger partial charge in [-0.3, -0.25) is 4.40 Å². The molecule has 0 spiro atoms. The van der Waals surface area contributed by atoms with E-state index in [0.29, 0.717) is 0 Å². The zero-order valence-corrected chi connectivity index (χ0v) is 19.8. The first kappa shape index (κ1) is 21.0. The molecular formula is C31H25N5. The second-order valence-corrected chi connectivity index (χ2v) is 9.67. The van der Waals surface area contributed by atoms with E-state index in [0.717, 1.165) is 63.2 Å². The third kappa shape index (κ3) is 3.32. The molecule has 0 bridgehead atoms. The van der Waals surface area contributed by atoms with Crippen LogP contribution in [0.1, 0.15) is 24.8 Å². The summed E-state index contributed by atoms with van der Waals surface area (Å²) in [7, 11) is 0. The van der Waals surface area contributed by atoms with Gasteiger partial charge in [-0.05, 0) is 42.5 Å². The van der Waals surface area contributed by atoms with Crippen molar-refractivity contribution in [3.05, 3.63) is 109 Å². The minimum absolute atomic E-state index is 0.173. The molecule has 3 aromatic carbocycles. The van der Waals surface area contributed by atoms with Gasteiger partial charge in [0.1, 0.15) is 0 Å². The van der Waals surface area contributed by atoms with Crippen molar-refractivity contribution < 1.29 is 0 Å². The largest absolute Gasteiger partial charge is 0.321 e. The topological polar surface area (TPSA) is 69.1 Å². The van der Waals surface area contributed by atoms with E-state index in [-0.39, 0.29) is 5.54 Å². The van der Waals surface area contributed by atoms with E-state index in [4.69, 9.17) is 10.7 Å². The van der Waals surface area contributed by atoms with Crippen LogP contribution in [0.15, 0.2) is 103 Å². The van der Waals surface area contributed by atoms with Gasteiger partial charge in [-0.2, -0.15) is 0 Å². The molecule has 0 atom stereocenters. The second kappa shape index (κ2) is 8.11. The Morgan fingerprint density at radius 1 is 0.722 bits per heavy atom. The highest BCUT2D eigenvalue weighted by Gasteiger charge is 2.34. The zero-order valence-electron chi connectivity index (χ0n) is 19.8. The fourth-order valence-corrected chi connectivity index (χ4v) is 5.24. The van der Waals surface area contributed by atoms with Crippen molar-refractivity contribution in [2.75, 3.05) is 0 Å². The van der Waals surface area contributed by atoms with Crippen LogP contribution in [-0.2, 0) is 5.54 Å². The minimum Gasteiger partial charge on any atom is -0.321 e. The first-order chi connectivity index (χ1) is 17.7. The van der Waals surface area contributed by atoms with Crippen LogP contribution in [0.2, 0.25) is 0 Å². The summed E-state index contributed by atoms with van der Waals surface area (Å²) in [6.07, 6.45) is 5.31. The van der Waals surface area contributed by atoms with Crippen LogP contribution >= 0.6 is 0 Å². The normalized spacial score (nSPS) is 14.7. The van der Waals surface area contributed by atoms with Gasteiger partial charge in [-0.15, -0.1) is 10.2 Å². The lowest BCUT2D eigenvalue weighted by atomic mass is 9.72. The third-order valence-electron chi connectivity index (χ3n) is 7.47. The molecule has 3 aromatic heterocycles. The van der Waals surface area contributed by atoms with Crippen molar-refractivity contribution in [2.45, 2.75) is 24.8 Å². The molecule has 0 aliphatic heterocycles. The van der Waals surface area contributed by atoms with Crippen LogP contribution in [0.25, 0.3) is 50.3 Å². The maximum atomic E-state index is 6.57. The highest BCUT2D eigenvalue weighted by Crippen LogP contribution is 2.40. The van der Waals surface area contributed by atoms with Crippen LogP contribution in [0.4, 0.5) is 0 Å². The van der Waals surface area contributed by atoms with Crippen LogP contribution in [0.5, 0.6) is 0 Å². The predicted molar refractivity (Wildman–Crippen MR) is 144 cm³/mol. The Hall–Kier alpha value is -4.35. The molecule has 3 heterocycles. The van der Waals surface area contributed by atoms with E-state index in [9.17, 15) is 0 Å². The number of pyridine rings is 2. The molecule has 0 radical (unpaired) electrons. The number of hydrogen-bond donors (Lipinski definition) is 1. The van der Waals surface area contributed by atoms with Crippen molar-refractivity contribution >= 4 is 16.6 Å². The smallest absolute Gasteiger partial charge is 0.170 e. The SMILES string of the molecule is NC1(c2ccc(-c3nc4ccn5c(-c6ccccc6)nnc5c4cc3-c3ccccc3)cc2)CCC1. The van der Waals surface area contributed by atoms with Gasteiger partial charge < -0.3 is 5.73 Å². The molecule has 0 unspecified atom stereocenters. The number of hydrogen-bond acceptors (Lipinski definition) is 4. The van der Waals surface area contributed by atoms with E-state index in [1.165, 1.54) is 12.0 Å². The van der Waals surface area contributed by atoms with Gasteiger partial charge in [0, 0.05) is 33.8 Å². The summed E-state index contributed by atoms with van der Waals surface area (Å²) in [5.41, 5.74) is 14.5. The molecule has 1 aliphatic carbocycles. The lowest BCUT2D eigenvalue weighted by molar-refractivity contribution is 0.253. The average Bonchev–Trinajstić information content (AvgIpc) is 3.37. The summed E-state index contributed by atoms with van der Waals surface area (Å²) in [5.74, 6) is 0.820. The van der Waals surface area contributed by atoms with Gasteiger partial charge in [-0.25, -0.2) is 4.98 Å². The van der Waals surface area contributed by atoms with Crippen molar-refractivity contribution in [2.24, 2.45) is 5.73 Å². The highest BCUT2D eigenvalue weighted by atomic mass is 15.2. The molecule has 1 saturated carbocycles. The van der Waals surface area contributed by atoms with Crippen molar-refractivity contribution in [3.8, 4) is 33.8 Å². The third-order valence-corrected chi connectivity index (χ3v) is 7.47. The molecule has 5 nitrogen and oxygen atoms in total. The summed E-state index contributed by atoms with van der Waals surface area (Å²) in [6.45, 7) is 0. The molecule has 0 amide bonds. The van der Waals surface area contributed by atoms with E-state index in [1.807, 2.05) is 40.9 Å². The summed E-state index contributed by atoms with van der Waals surface area (Å²) in [6, 6.07) is 33.5. The van der Waals surface area contributed by atoms with Crippen LogP contribution in [0, 0.1) is 0 Å². The molecule has 7 rings (SSSR count). The van der Waals surface area contributed by atoms with E-state index in [1.54, 1.807) is 0 Å². The van der Waals surface area contributed by atoms with Crippen molar-refractivity contribution in [1.29, 1.82) is 0 Å². The maximum Gasteiger partial charge on any atom is 0.170 e. The standard InChI is InChI=1S/C31H25N5/c32-31(17-7-18-31)24-14-12-22(13-15-24)28-25(21-8-3-1-4-9-21)20-26-27(33-28)16-19-36-29(34-35-30(26)36)23-10-5-2-6-11-23/h1-6,8-16,19-20H,7,17-18,32H2. The van der Waals surface area contributed by atoms with Crippen LogP contribution in [0.3, 0.4) is 0 Å². The molecule has 174 valence electrons. The molecule has 5 heteroatoms. The van der Waals surface area contributed by atoms with Crippen molar-refractivity contribution in [3.63, 3.8) is 0 Å². The molecular weight excluding hydrogens is 442 g/mol. The number of fused-ring (bicyclic) bond motifs is 3. The quantitative estimate of drug-likeness (QED) is 0.316. The van der Waals surface area contributed by atoms with Gasteiger partial charge in [-0.1, -0.05) is 84.9 Å². The predicted octanol–water partition coefficient (Wildman–Crippen LogP) is 6.62. The number of benzene rings is 3. The Morgan fingerprint density at radius 2 is 1.42 bits per heavy atom.